The van der Waals surface area contributed by atoms with Crippen molar-refractivity contribution in [3.63, 3.8) is 0 Å². The lowest BCUT2D eigenvalue weighted by Crippen LogP contribution is -2.56. The molecule has 0 aromatic rings. The van der Waals surface area contributed by atoms with Gasteiger partial charge in [-0.1, -0.05) is 76.1 Å². The van der Waals surface area contributed by atoms with Gasteiger partial charge in [-0.05, 0) is 147 Å². The van der Waals surface area contributed by atoms with E-state index in [1.165, 1.54) is 25.7 Å². The Morgan fingerprint density at radius 3 is 2.15 bits per heavy atom. The van der Waals surface area contributed by atoms with Gasteiger partial charge >= 0.3 is 5.97 Å². The third-order valence-corrected chi connectivity index (χ3v) is 14.4. The first-order valence-electron chi connectivity index (χ1n) is 18.9. The minimum atomic E-state index is -1.76. The molecule has 1 unspecified atom stereocenters. The number of carbonyl (C=O) groups excluding carboxylic acids is 1. The molecule has 0 aromatic carbocycles. The van der Waals surface area contributed by atoms with Gasteiger partial charge in [0.1, 0.15) is 5.60 Å². The van der Waals surface area contributed by atoms with E-state index in [1.807, 2.05) is 20.8 Å². The molecule has 8 atom stereocenters. The lowest BCUT2D eigenvalue weighted by atomic mass is 9.49. The summed E-state index contributed by atoms with van der Waals surface area (Å²) in [6, 6.07) is 0. The summed E-state index contributed by atoms with van der Waals surface area (Å²) in [5.74, 6) is 2.22. The monoisotopic (exact) mass is 682 g/mol. The Bertz CT molecular complexity index is 1250. The molecule has 4 aliphatic rings. The van der Waals surface area contributed by atoms with Crippen molar-refractivity contribution < 1.29 is 18.4 Å². The quantitative estimate of drug-likeness (QED) is 0.124. The van der Waals surface area contributed by atoms with E-state index in [2.05, 4.69) is 110 Å². The predicted molar refractivity (Wildman–Crippen MR) is 203 cm³/mol. The van der Waals surface area contributed by atoms with Gasteiger partial charge in [0.2, 0.25) is 0 Å². The van der Waals surface area contributed by atoms with Crippen molar-refractivity contribution in [3.05, 3.63) is 47.6 Å². The van der Waals surface area contributed by atoms with E-state index in [0.717, 1.165) is 25.7 Å². The molecule has 266 valence electrons. The van der Waals surface area contributed by atoms with E-state index in [4.69, 9.17) is 13.6 Å². The molecule has 4 rings (SSSR count). The van der Waals surface area contributed by atoms with Crippen molar-refractivity contribution in [1.82, 2.24) is 0 Å². The Hall–Kier alpha value is -1.22. The first-order chi connectivity index (χ1) is 21.6. The summed E-state index contributed by atoms with van der Waals surface area (Å²) in [5.41, 5.74) is 2.61. The largest absolute Gasteiger partial charge is 0.454 e. The summed E-state index contributed by atoms with van der Waals surface area (Å²) < 4.78 is 20.0. The van der Waals surface area contributed by atoms with E-state index in [0.29, 0.717) is 29.1 Å². The van der Waals surface area contributed by atoms with Gasteiger partial charge in [-0.15, -0.1) is 0 Å². The first kappa shape index (κ1) is 38.6. The van der Waals surface area contributed by atoms with E-state index in [1.54, 1.807) is 11.1 Å². The van der Waals surface area contributed by atoms with Gasteiger partial charge in [0.25, 0.3) is 0 Å². The number of fused-ring (bicyclic) bond motifs is 5. The van der Waals surface area contributed by atoms with E-state index >= 15 is 0 Å². The van der Waals surface area contributed by atoms with Crippen LogP contribution < -0.4 is 0 Å². The highest BCUT2D eigenvalue weighted by Crippen LogP contribution is 2.66. The highest BCUT2D eigenvalue weighted by Gasteiger charge is 2.59. The molecule has 0 heterocycles. The average molecular weight is 683 g/mol. The van der Waals surface area contributed by atoms with Crippen molar-refractivity contribution in [2.24, 2.45) is 39.9 Å². The molecule has 0 aliphatic heterocycles. The average Bonchev–Trinajstić information content (AvgIpc) is 3.30. The van der Waals surface area contributed by atoms with Crippen molar-refractivity contribution in [1.29, 1.82) is 0 Å². The fourth-order valence-corrected chi connectivity index (χ4v) is 12.1. The standard InChI is InChI=1S/C41H70O4Si2/c1-15-41(16-2,43-37(42)38(4,5)6)25-18-17-19-29(3)33-22-23-34-32-21-20-30-27-31(44-46(9,10)11)28-36(45-47(12,13)14)40(30,8)35(32)24-26-39(33,34)7/h17-21,25,29,31,33-36H,15-16,22-24,26-28H2,1-14H3/t29-,31?,33+,34-,35-,36-,39+,40-/m0/s1. The lowest BCUT2D eigenvalue weighted by molar-refractivity contribution is -0.165. The zero-order valence-corrected chi connectivity index (χ0v) is 34.7. The lowest BCUT2D eigenvalue weighted by Gasteiger charge is -2.58. The maximum atomic E-state index is 12.7. The van der Waals surface area contributed by atoms with Crippen molar-refractivity contribution in [3.8, 4) is 0 Å². The summed E-state index contributed by atoms with van der Waals surface area (Å²) in [4.78, 5) is 12.7. The van der Waals surface area contributed by atoms with Crippen LogP contribution in [0.3, 0.4) is 0 Å². The summed E-state index contributed by atoms with van der Waals surface area (Å²) in [7, 11) is -3.41. The summed E-state index contributed by atoms with van der Waals surface area (Å²) in [6.45, 7) is 31.6. The fraction of sp³-hybridized carbons (Fsp3) is 0.780. The molecule has 3 saturated carbocycles. The van der Waals surface area contributed by atoms with E-state index < -0.39 is 27.7 Å². The molecule has 0 N–H and O–H groups in total. The number of hydrogen-bond donors (Lipinski definition) is 0. The highest BCUT2D eigenvalue weighted by atomic mass is 28.4. The smallest absolute Gasteiger partial charge is 0.312 e. The molecule has 4 nitrogen and oxygen atoms in total. The van der Waals surface area contributed by atoms with Gasteiger partial charge in [0.05, 0.1) is 17.6 Å². The molecular formula is C41H70O4Si2. The van der Waals surface area contributed by atoms with Gasteiger partial charge in [-0.3, -0.25) is 4.79 Å². The number of hydrogen-bond acceptors (Lipinski definition) is 4. The zero-order chi connectivity index (χ0) is 35.2. The molecule has 0 amide bonds. The molecule has 4 aliphatic carbocycles. The van der Waals surface area contributed by atoms with Crippen LogP contribution in [0.25, 0.3) is 0 Å². The molecule has 47 heavy (non-hydrogen) atoms. The maximum Gasteiger partial charge on any atom is 0.312 e. The van der Waals surface area contributed by atoms with Crippen molar-refractivity contribution >= 4 is 22.6 Å². The van der Waals surface area contributed by atoms with Crippen LogP contribution in [-0.2, 0) is 18.4 Å². The summed E-state index contributed by atoms with van der Waals surface area (Å²) in [5, 5.41) is 0. The van der Waals surface area contributed by atoms with Crippen LogP contribution in [0, 0.1) is 39.9 Å². The fourth-order valence-electron chi connectivity index (χ4n) is 9.70. The summed E-state index contributed by atoms with van der Waals surface area (Å²) >= 11 is 0. The van der Waals surface area contributed by atoms with Gasteiger partial charge in [0.15, 0.2) is 16.6 Å². The normalized spacial score (nSPS) is 34.0. The van der Waals surface area contributed by atoms with Crippen LogP contribution in [0.4, 0.5) is 0 Å². The molecule has 6 heteroatoms. The highest BCUT2D eigenvalue weighted by molar-refractivity contribution is 6.70. The zero-order valence-electron chi connectivity index (χ0n) is 32.7. The summed E-state index contributed by atoms with van der Waals surface area (Å²) in [6.07, 6.45) is 23.2. The molecule has 0 saturated heterocycles. The number of rotatable bonds is 11. The Labute approximate surface area is 291 Å². The third kappa shape index (κ3) is 8.23. The number of esters is 1. The van der Waals surface area contributed by atoms with Gasteiger partial charge < -0.3 is 13.6 Å². The van der Waals surface area contributed by atoms with Crippen LogP contribution in [0.2, 0.25) is 39.3 Å². The number of carbonyl (C=O) groups is 1. The number of ether oxygens (including phenoxy) is 1. The third-order valence-electron chi connectivity index (χ3n) is 12.4. The SMILES string of the molecule is CCC(C=CC=C[C@H](C)[C@H]1CC[C@H]2C3=CC=C4CC(O[Si](C)(C)C)C[C@H](O[Si](C)(C)C)[C@]4(C)[C@H]3CC[C@]12C)(CC)OC(=O)C(C)(C)C. The maximum absolute atomic E-state index is 12.7. The second-order valence-electron chi connectivity index (χ2n) is 19.0. The van der Waals surface area contributed by atoms with Gasteiger partial charge in [-0.25, -0.2) is 0 Å². The van der Waals surface area contributed by atoms with Crippen LogP contribution in [0.5, 0.6) is 0 Å². The Kier molecular flexibility index (Phi) is 11.4. The van der Waals surface area contributed by atoms with E-state index in [9.17, 15) is 4.79 Å². The van der Waals surface area contributed by atoms with Crippen LogP contribution in [0.15, 0.2) is 47.6 Å². The van der Waals surface area contributed by atoms with Crippen LogP contribution >= 0.6 is 0 Å². The second-order valence-corrected chi connectivity index (χ2v) is 27.9. The van der Waals surface area contributed by atoms with Gasteiger partial charge in [-0.2, -0.15) is 0 Å². The first-order valence-corrected chi connectivity index (χ1v) is 25.8. The molecule has 0 bridgehead atoms. The molecule has 0 radical (unpaired) electrons. The van der Waals surface area contributed by atoms with Crippen LogP contribution in [0.1, 0.15) is 107 Å². The van der Waals surface area contributed by atoms with E-state index in [-0.39, 0.29) is 23.6 Å². The topological polar surface area (TPSA) is 44.8 Å². The molecule has 0 aromatic heterocycles. The minimum absolute atomic E-state index is 0.0564. The number of allylic oxidation sites excluding steroid dienone is 6. The van der Waals surface area contributed by atoms with Crippen molar-refractivity contribution in [2.75, 3.05) is 0 Å². The Morgan fingerprint density at radius 1 is 0.936 bits per heavy atom. The Morgan fingerprint density at radius 2 is 1.57 bits per heavy atom. The molecular weight excluding hydrogens is 613 g/mol. The van der Waals surface area contributed by atoms with Crippen molar-refractivity contribution in [2.45, 2.75) is 164 Å². The molecule has 0 spiro atoms. The minimum Gasteiger partial charge on any atom is -0.454 e. The van der Waals surface area contributed by atoms with Gasteiger partial charge in [0, 0.05) is 5.41 Å². The second kappa shape index (κ2) is 13.8. The Balaban J connectivity index is 1.54. The molecule has 3 fully saturated rings. The predicted octanol–water partition coefficient (Wildman–Crippen LogP) is 11.4. The van der Waals surface area contributed by atoms with Crippen LogP contribution in [-0.4, -0.2) is 40.4 Å².